The van der Waals surface area contributed by atoms with Crippen LogP contribution in [0.25, 0.3) is 11.4 Å². The van der Waals surface area contributed by atoms with Gasteiger partial charge in [0.15, 0.2) is 5.13 Å². The number of nitrogens with zero attached hydrogens (tertiary/aromatic N) is 1. The zero-order valence-electron chi connectivity index (χ0n) is 11.9. The number of anilines is 1. The molecule has 1 aliphatic carbocycles. The van der Waals surface area contributed by atoms with Crippen LogP contribution in [0.3, 0.4) is 0 Å². The first-order valence-electron chi connectivity index (χ1n) is 7.31. The van der Waals surface area contributed by atoms with Gasteiger partial charge in [-0.25, -0.2) is 4.98 Å². The number of aromatic nitrogens is 2. The number of hydrogen-bond acceptors (Lipinski definition) is 4. The number of aryl methyl sites for hydroxylation is 1. The van der Waals surface area contributed by atoms with Crippen LogP contribution in [0.15, 0.2) is 29.1 Å². The van der Waals surface area contributed by atoms with E-state index in [1.807, 2.05) is 29.1 Å². The van der Waals surface area contributed by atoms with Crippen LogP contribution in [-0.2, 0) is 12.8 Å². The van der Waals surface area contributed by atoms with Crippen molar-refractivity contribution in [2.45, 2.75) is 25.7 Å². The number of rotatable bonds is 3. The van der Waals surface area contributed by atoms with Crippen molar-refractivity contribution in [1.29, 1.82) is 0 Å². The van der Waals surface area contributed by atoms with Gasteiger partial charge in [-0.1, -0.05) is 0 Å². The number of carbonyl (C=O) groups excluding carboxylic acids is 1. The summed E-state index contributed by atoms with van der Waals surface area (Å²) in [6.45, 7) is 0. The minimum absolute atomic E-state index is 0.0354. The van der Waals surface area contributed by atoms with Crippen molar-refractivity contribution in [2.24, 2.45) is 0 Å². The second-order valence-corrected chi connectivity index (χ2v) is 7.16. The Bertz CT molecular complexity index is 801. The van der Waals surface area contributed by atoms with Crippen molar-refractivity contribution in [3.63, 3.8) is 0 Å². The molecule has 0 bridgehead atoms. The van der Waals surface area contributed by atoms with Gasteiger partial charge in [0.1, 0.15) is 0 Å². The van der Waals surface area contributed by atoms with Crippen molar-refractivity contribution in [1.82, 2.24) is 9.97 Å². The molecule has 4 nitrogen and oxygen atoms in total. The van der Waals surface area contributed by atoms with Gasteiger partial charge in [0.05, 0.1) is 17.0 Å². The summed E-state index contributed by atoms with van der Waals surface area (Å²) in [6.07, 6.45) is 6.41. The second kappa shape index (κ2) is 5.70. The van der Waals surface area contributed by atoms with Crippen LogP contribution >= 0.6 is 22.7 Å². The van der Waals surface area contributed by atoms with Crippen LogP contribution in [0.2, 0.25) is 0 Å². The Morgan fingerprint density at radius 2 is 2.14 bits per heavy atom. The zero-order valence-corrected chi connectivity index (χ0v) is 13.5. The molecule has 1 aliphatic rings. The summed E-state index contributed by atoms with van der Waals surface area (Å²) in [5.74, 6) is -0.0354. The molecule has 3 aromatic rings. The van der Waals surface area contributed by atoms with E-state index < -0.39 is 0 Å². The van der Waals surface area contributed by atoms with Gasteiger partial charge in [-0.05, 0) is 43.4 Å². The smallest absolute Gasteiger partial charge is 0.258 e. The quantitative estimate of drug-likeness (QED) is 0.751. The molecule has 4 rings (SSSR count). The van der Waals surface area contributed by atoms with Crippen LogP contribution in [0.4, 0.5) is 5.13 Å². The first-order valence-corrected chi connectivity index (χ1v) is 9.07. The molecule has 0 aromatic carbocycles. The Balaban J connectivity index is 1.54. The fraction of sp³-hybridized carbons (Fsp3) is 0.250. The van der Waals surface area contributed by atoms with Gasteiger partial charge in [0.25, 0.3) is 5.91 Å². The fourth-order valence-corrected chi connectivity index (χ4v) is 4.62. The minimum atomic E-state index is -0.0354. The standard InChI is InChI=1S/C16H15N3OS2/c20-15(11-8-21-14-6-2-1-4-10(11)14)19-16-18-13(9-22-16)12-5-3-7-17-12/h3,5,7-9,17H,1-2,4,6H2,(H,18,19,20). The summed E-state index contributed by atoms with van der Waals surface area (Å²) >= 11 is 3.16. The summed E-state index contributed by atoms with van der Waals surface area (Å²) < 4.78 is 0. The maximum Gasteiger partial charge on any atom is 0.258 e. The van der Waals surface area contributed by atoms with Gasteiger partial charge < -0.3 is 4.98 Å². The van der Waals surface area contributed by atoms with E-state index in [0.29, 0.717) is 5.13 Å². The van der Waals surface area contributed by atoms with Gasteiger partial charge >= 0.3 is 0 Å². The molecule has 0 spiro atoms. The highest BCUT2D eigenvalue weighted by atomic mass is 32.1. The van der Waals surface area contributed by atoms with Gasteiger partial charge in [-0.2, -0.15) is 0 Å². The molecule has 0 aliphatic heterocycles. The Labute approximate surface area is 136 Å². The van der Waals surface area contributed by atoms with E-state index in [2.05, 4.69) is 15.3 Å². The first-order chi connectivity index (χ1) is 10.8. The van der Waals surface area contributed by atoms with E-state index in [9.17, 15) is 4.79 Å². The molecule has 0 atom stereocenters. The zero-order chi connectivity index (χ0) is 14.9. The van der Waals surface area contributed by atoms with Crippen LogP contribution in [0.1, 0.15) is 33.6 Å². The molecular weight excluding hydrogens is 314 g/mol. The highest BCUT2D eigenvalue weighted by Crippen LogP contribution is 2.31. The van der Waals surface area contributed by atoms with Crippen molar-refractivity contribution in [2.75, 3.05) is 5.32 Å². The maximum atomic E-state index is 12.5. The summed E-state index contributed by atoms with van der Waals surface area (Å²) in [5, 5.41) is 7.52. The fourth-order valence-electron chi connectivity index (χ4n) is 2.79. The van der Waals surface area contributed by atoms with Crippen molar-refractivity contribution >= 4 is 33.7 Å². The second-order valence-electron chi connectivity index (χ2n) is 5.33. The number of fused-ring (bicyclic) bond motifs is 1. The van der Waals surface area contributed by atoms with Crippen molar-refractivity contribution in [3.8, 4) is 11.4 Å². The number of H-pyrrole nitrogens is 1. The molecule has 2 N–H and O–H groups in total. The Morgan fingerprint density at radius 1 is 1.23 bits per heavy atom. The Morgan fingerprint density at radius 3 is 3.00 bits per heavy atom. The lowest BCUT2D eigenvalue weighted by atomic mass is 9.96. The van der Waals surface area contributed by atoms with Gasteiger partial charge in [-0.3, -0.25) is 10.1 Å². The average molecular weight is 329 g/mol. The molecule has 22 heavy (non-hydrogen) atoms. The van der Waals surface area contributed by atoms with E-state index in [1.54, 1.807) is 11.3 Å². The lowest BCUT2D eigenvalue weighted by molar-refractivity contribution is 0.102. The highest BCUT2D eigenvalue weighted by molar-refractivity contribution is 7.14. The monoisotopic (exact) mass is 329 g/mol. The summed E-state index contributed by atoms with van der Waals surface area (Å²) in [7, 11) is 0. The van der Waals surface area contributed by atoms with Crippen LogP contribution in [0.5, 0.6) is 0 Å². The molecule has 0 fully saturated rings. The normalized spacial score (nSPS) is 13.8. The third-order valence-electron chi connectivity index (χ3n) is 3.90. The number of thiophene rings is 1. The number of nitrogens with one attached hydrogen (secondary N) is 2. The summed E-state index contributed by atoms with van der Waals surface area (Å²) in [6, 6.07) is 3.90. The van der Waals surface area contributed by atoms with Crippen LogP contribution < -0.4 is 5.32 Å². The lowest BCUT2D eigenvalue weighted by Gasteiger charge is -2.12. The molecule has 112 valence electrons. The number of carbonyl (C=O) groups is 1. The van der Waals surface area contributed by atoms with Crippen molar-refractivity contribution < 1.29 is 4.79 Å². The summed E-state index contributed by atoms with van der Waals surface area (Å²) in [5.41, 5.74) is 3.90. The number of hydrogen-bond donors (Lipinski definition) is 2. The lowest BCUT2D eigenvalue weighted by Crippen LogP contribution is -2.14. The van der Waals surface area contributed by atoms with Gasteiger partial charge in [-0.15, -0.1) is 22.7 Å². The maximum absolute atomic E-state index is 12.5. The molecular formula is C16H15N3OS2. The molecule has 3 aromatic heterocycles. The molecule has 3 heterocycles. The predicted octanol–water partition coefficient (Wildman–Crippen LogP) is 4.33. The molecule has 0 unspecified atom stereocenters. The minimum Gasteiger partial charge on any atom is -0.360 e. The SMILES string of the molecule is O=C(Nc1nc(-c2ccc[nH]2)cs1)c1csc2c1CCCC2. The third kappa shape index (κ3) is 2.48. The predicted molar refractivity (Wildman–Crippen MR) is 90.8 cm³/mol. The number of thiazole rings is 1. The molecule has 0 radical (unpaired) electrons. The van der Waals surface area contributed by atoms with E-state index in [4.69, 9.17) is 0 Å². The highest BCUT2D eigenvalue weighted by Gasteiger charge is 2.20. The van der Waals surface area contributed by atoms with Crippen molar-refractivity contribution in [3.05, 3.63) is 45.1 Å². The first kappa shape index (κ1) is 13.7. The number of amides is 1. The van der Waals surface area contributed by atoms with E-state index >= 15 is 0 Å². The summed E-state index contributed by atoms with van der Waals surface area (Å²) in [4.78, 5) is 21.5. The molecule has 6 heteroatoms. The van der Waals surface area contributed by atoms with Crippen LogP contribution in [-0.4, -0.2) is 15.9 Å². The van der Waals surface area contributed by atoms with E-state index in [1.165, 1.54) is 34.6 Å². The molecule has 0 saturated carbocycles. The van der Waals surface area contributed by atoms with E-state index in [-0.39, 0.29) is 5.91 Å². The Hall–Kier alpha value is -1.92. The van der Waals surface area contributed by atoms with Gasteiger partial charge in [0, 0.05) is 21.8 Å². The molecule has 0 saturated heterocycles. The number of aromatic amines is 1. The Kier molecular flexibility index (Phi) is 3.56. The van der Waals surface area contributed by atoms with E-state index in [0.717, 1.165) is 29.8 Å². The largest absolute Gasteiger partial charge is 0.360 e. The third-order valence-corrected chi connectivity index (χ3v) is 5.75. The average Bonchev–Trinajstić information content (AvgIpc) is 3.27. The topological polar surface area (TPSA) is 57.8 Å². The van der Waals surface area contributed by atoms with Crippen LogP contribution in [0, 0.1) is 0 Å². The molecule has 1 amide bonds. The van der Waals surface area contributed by atoms with Gasteiger partial charge in [0.2, 0.25) is 0 Å².